The molecule has 0 radical (unpaired) electrons. The number of carbonyl (C=O) groups excluding carboxylic acids is 1. The van der Waals surface area contributed by atoms with Crippen LogP contribution in [0.4, 0.5) is 0 Å². The lowest BCUT2D eigenvalue weighted by atomic mass is 9.92. The van der Waals surface area contributed by atoms with Crippen molar-refractivity contribution in [2.45, 2.75) is 45.9 Å². The number of fused-ring (bicyclic) bond motifs is 1. The molecule has 146 valence electrons. The Labute approximate surface area is 167 Å². The lowest BCUT2D eigenvalue weighted by molar-refractivity contribution is -0.129. The summed E-state index contributed by atoms with van der Waals surface area (Å²) in [6, 6.07) is 18.8. The number of nitrogens with one attached hydrogen (secondary N) is 1. The minimum absolute atomic E-state index is 0.000465. The van der Waals surface area contributed by atoms with Crippen molar-refractivity contribution >= 4 is 16.8 Å². The van der Waals surface area contributed by atoms with E-state index in [1.807, 2.05) is 18.0 Å². The second kappa shape index (κ2) is 7.10. The Morgan fingerprint density at radius 3 is 2.36 bits per heavy atom. The van der Waals surface area contributed by atoms with E-state index in [1.54, 1.807) is 0 Å². The van der Waals surface area contributed by atoms with Gasteiger partial charge in [0.05, 0.1) is 12.2 Å². The summed E-state index contributed by atoms with van der Waals surface area (Å²) in [4.78, 5) is 14.7. The zero-order valence-electron chi connectivity index (χ0n) is 17.1. The number of carbonyl (C=O) groups is 1. The first kappa shape index (κ1) is 18.8. The monoisotopic (exact) mass is 375 g/mol. The maximum Gasteiger partial charge on any atom is 0.241 e. The SMILES string of the molecule is CN1C(=O)[C@@H](Cc2cn(Cc3ccccc3)c3ccccc23)N[C@H]1C(C)(C)C. The molecule has 2 heterocycles. The van der Waals surface area contributed by atoms with Gasteiger partial charge in [0, 0.05) is 30.7 Å². The molecule has 1 aliphatic heterocycles. The summed E-state index contributed by atoms with van der Waals surface area (Å²) in [6.07, 6.45) is 2.98. The normalized spacial score (nSPS) is 20.3. The van der Waals surface area contributed by atoms with Crippen LogP contribution in [0.3, 0.4) is 0 Å². The minimum atomic E-state index is -0.176. The molecule has 1 amide bonds. The minimum Gasteiger partial charge on any atom is -0.343 e. The van der Waals surface area contributed by atoms with E-state index in [2.05, 4.69) is 85.4 Å². The van der Waals surface area contributed by atoms with Gasteiger partial charge < -0.3 is 9.47 Å². The number of likely N-dealkylation sites (N-methyl/N-ethyl adjacent to an activating group) is 1. The number of benzene rings is 2. The molecule has 1 saturated heterocycles. The third-order valence-corrected chi connectivity index (χ3v) is 5.70. The molecular formula is C24H29N3O. The molecule has 0 bridgehead atoms. The van der Waals surface area contributed by atoms with Crippen LogP contribution in [0.25, 0.3) is 10.9 Å². The lowest BCUT2D eigenvalue weighted by Gasteiger charge is -2.32. The fourth-order valence-corrected chi connectivity index (χ4v) is 4.34. The predicted molar refractivity (Wildman–Crippen MR) is 114 cm³/mol. The van der Waals surface area contributed by atoms with Crippen LogP contribution in [0.15, 0.2) is 60.8 Å². The van der Waals surface area contributed by atoms with E-state index in [-0.39, 0.29) is 23.5 Å². The quantitative estimate of drug-likeness (QED) is 0.747. The Bertz CT molecular complexity index is 984. The van der Waals surface area contributed by atoms with Crippen LogP contribution in [-0.2, 0) is 17.8 Å². The van der Waals surface area contributed by atoms with Gasteiger partial charge in [-0.1, -0.05) is 69.3 Å². The molecule has 0 unspecified atom stereocenters. The zero-order chi connectivity index (χ0) is 19.9. The average Bonchev–Trinajstić information content (AvgIpc) is 3.15. The van der Waals surface area contributed by atoms with Crippen LogP contribution >= 0.6 is 0 Å². The van der Waals surface area contributed by atoms with E-state index in [1.165, 1.54) is 22.0 Å². The van der Waals surface area contributed by atoms with Gasteiger partial charge >= 0.3 is 0 Å². The fourth-order valence-electron chi connectivity index (χ4n) is 4.34. The maximum atomic E-state index is 12.9. The average molecular weight is 376 g/mol. The summed E-state index contributed by atoms with van der Waals surface area (Å²) in [6.45, 7) is 7.34. The third-order valence-electron chi connectivity index (χ3n) is 5.70. The highest BCUT2D eigenvalue weighted by atomic mass is 16.2. The number of hydrogen-bond donors (Lipinski definition) is 1. The molecule has 2 aromatic carbocycles. The van der Waals surface area contributed by atoms with Crippen molar-refractivity contribution < 1.29 is 4.79 Å². The Kier molecular flexibility index (Phi) is 4.76. The van der Waals surface area contributed by atoms with E-state index in [0.29, 0.717) is 6.42 Å². The summed E-state index contributed by atoms with van der Waals surface area (Å²) in [5.41, 5.74) is 3.71. The maximum absolute atomic E-state index is 12.9. The van der Waals surface area contributed by atoms with Crippen LogP contribution < -0.4 is 5.32 Å². The molecule has 0 aliphatic carbocycles. The first-order chi connectivity index (χ1) is 13.3. The zero-order valence-corrected chi connectivity index (χ0v) is 17.1. The van der Waals surface area contributed by atoms with Crippen molar-refractivity contribution in [2.24, 2.45) is 5.41 Å². The van der Waals surface area contributed by atoms with Crippen molar-refractivity contribution in [2.75, 3.05) is 7.05 Å². The van der Waals surface area contributed by atoms with Crippen molar-refractivity contribution in [1.29, 1.82) is 0 Å². The molecule has 0 spiro atoms. The van der Waals surface area contributed by atoms with Gasteiger partial charge in [0.1, 0.15) is 0 Å². The standard InChI is InChI=1S/C24H29N3O/c1-24(2,3)23-25-20(22(28)26(23)4)14-18-16-27(15-17-10-6-5-7-11-17)21-13-9-8-12-19(18)21/h5-13,16,20,23,25H,14-15H2,1-4H3/t20-,23-/m1/s1. The van der Waals surface area contributed by atoms with Crippen molar-refractivity contribution in [3.63, 3.8) is 0 Å². The second-order valence-electron chi connectivity index (χ2n) is 8.93. The van der Waals surface area contributed by atoms with Crippen LogP contribution in [0, 0.1) is 5.41 Å². The Hall–Kier alpha value is -2.59. The summed E-state index contributed by atoms with van der Waals surface area (Å²) in [5.74, 6) is 0.180. The molecule has 4 heteroatoms. The van der Waals surface area contributed by atoms with E-state index in [0.717, 1.165) is 6.54 Å². The van der Waals surface area contributed by atoms with Crippen molar-refractivity contribution in [3.05, 3.63) is 71.9 Å². The van der Waals surface area contributed by atoms with Crippen LogP contribution in [0.5, 0.6) is 0 Å². The van der Waals surface area contributed by atoms with Gasteiger partial charge in [-0.2, -0.15) is 0 Å². The van der Waals surface area contributed by atoms with Gasteiger partial charge in [-0.25, -0.2) is 0 Å². The molecule has 4 nitrogen and oxygen atoms in total. The highest BCUT2D eigenvalue weighted by Gasteiger charge is 2.42. The predicted octanol–water partition coefficient (Wildman–Crippen LogP) is 4.03. The van der Waals surface area contributed by atoms with Crippen LogP contribution in [0.1, 0.15) is 31.9 Å². The number of hydrogen-bond acceptors (Lipinski definition) is 2. The lowest BCUT2D eigenvalue weighted by Crippen LogP contribution is -2.45. The number of aromatic nitrogens is 1. The van der Waals surface area contributed by atoms with Crippen molar-refractivity contribution in [1.82, 2.24) is 14.8 Å². The summed E-state index contributed by atoms with van der Waals surface area (Å²) >= 11 is 0. The van der Waals surface area contributed by atoms with Gasteiger partial charge in [-0.05, 0) is 29.0 Å². The first-order valence-electron chi connectivity index (χ1n) is 9.98. The van der Waals surface area contributed by atoms with E-state index in [9.17, 15) is 4.79 Å². The summed E-state index contributed by atoms with van der Waals surface area (Å²) in [7, 11) is 1.91. The molecular weight excluding hydrogens is 346 g/mol. The Morgan fingerprint density at radius 2 is 1.68 bits per heavy atom. The number of amides is 1. The van der Waals surface area contributed by atoms with Crippen molar-refractivity contribution in [3.8, 4) is 0 Å². The van der Waals surface area contributed by atoms with Crippen LogP contribution in [0.2, 0.25) is 0 Å². The Morgan fingerprint density at radius 1 is 1.00 bits per heavy atom. The highest BCUT2D eigenvalue weighted by molar-refractivity contribution is 5.88. The Balaban J connectivity index is 1.64. The molecule has 3 aromatic rings. The van der Waals surface area contributed by atoms with E-state index >= 15 is 0 Å². The molecule has 28 heavy (non-hydrogen) atoms. The molecule has 2 atom stereocenters. The topological polar surface area (TPSA) is 37.3 Å². The van der Waals surface area contributed by atoms with Gasteiger partial charge in [-0.15, -0.1) is 0 Å². The van der Waals surface area contributed by atoms with Gasteiger partial charge in [0.2, 0.25) is 5.91 Å². The molecule has 1 fully saturated rings. The number of rotatable bonds is 4. The van der Waals surface area contributed by atoms with Gasteiger partial charge in [0.15, 0.2) is 0 Å². The highest BCUT2D eigenvalue weighted by Crippen LogP contribution is 2.29. The molecule has 0 saturated carbocycles. The summed E-state index contributed by atoms with van der Waals surface area (Å²) in [5, 5.41) is 4.80. The number of nitrogens with zero attached hydrogens (tertiary/aromatic N) is 2. The molecule has 1 aromatic heterocycles. The van der Waals surface area contributed by atoms with Gasteiger partial charge in [-0.3, -0.25) is 10.1 Å². The largest absolute Gasteiger partial charge is 0.343 e. The second-order valence-corrected chi connectivity index (χ2v) is 8.93. The summed E-state index contributed by atoms with van der Waals surface area (Å²) < 4.78 is 2.30. The van der Waals surface area contributed by atoms with E-state index < -0.39 is 0 Å². The fraction of sp³-hybridized carbons (Fsp3) is 0.375. The smallest absolute Gasteiger partial charge is 0.241 e. The first-order valence-corrected chi connectivity index (χ1v) is 9.98. The molecule has 4 rings (SSSR count). The molecule has 1 N–H and O–H groups in total. The van der Waals surface area contributed by atoms with Gasteiger partial charge in [0.25, 0.3) is 0 Å². The molecule has 1 aliphatic rings. The number of para-hydroxylation sites is 1. The van der Waals surface area contributed by atoms with Crippen LogP contribution in [-0.4, -0.2) is 34.6 Å². The van der Waals surface area contributed by atoms with E-state index in [4.69, 9.17) is 0 Å². The third kappa shape index (κ3) is 3.45.